The van der Waals surface area contributed by atoms with Crippen LogP contribution in [-0.2, 0) is 28.6 Å². The van der Waals surface area contributed by atoms with Crippen molar-refractivity contribution in [2.75, 3.05) is 13.2 Å². The zero-order valence-electron chi connectivity index (χ0n) is 39.9. The third-order valence-electron chi connectivity index (χ3n) is 10.7. The Kier molecular flexibility index (Phi) is 46.9. The molecular weight excluding hydrogens is 757 g/mol. The lowest BCUT2D eigenvalue weighted by atomic mass is 10.1. The Morgan fingerprint density at radius 3 is 1.03 bits per heavy atom. The normalized spacial score (nSPS) is 12.6. The predicted octanol–water partition coefficient (Wildman–Crippen LogP) is 16.6. The van der Waals surface area contributed by atoms with Crippen molar-refractivity contribution in [3.05, 3.63) is 72.9 Å². The summed E-state index contributed by atoms with van der Waals surface area (Å²) >= 11 is 0. The lowest BCUT2D eigenvalue weighted by molar-refractivity contribution is -0.167. The summed E-state index contributed by atoms with van der Waals surface area (Å²) in [6.07, 6.45) is 61.9. The number of esters is 3. The summed E-state index contributed by atoms with van der Waals surface area (Å²) in [5.74, 6) is -0.946. The van der Waals surface area contributed by atoms with E-state index in [2.05, 4.69) is 93.7 Å². The van der Waals surface area contributed by atoms with Gasteiger partial charge in [0.15, 0.2) is 6.10 Å². The van der Waals surface area contributed by atoms with Gasteiger partial charge in [0.25, 0.3) is 0 Å². The molecule has 1 atom stereocenters. The Morgan fingerprint density at radius 1 is 0.344 bits per heavy atom. The first-order chi connectivity index (χ1) is 30.0. The maximum absolute atomic E-state index is 12.7. The van der Waals surface area contributed by atoms with Gasteiger partial charge in [0.1, 0.15) is 13.2 Å². The van der Waals surface area contributed by atoms with Gasteiger partial charge in [-0.15, -0.1) is 0 Å². The lowest BCUT2D eigenvalue weighted by Crippen LogP contribution is -2.30. The van der Waals surface area contributed by atoms with Gasteiger partial charge < -0.3 is 14.2 Å². The summed E-state index contributed by atoms with van der Waals surface area (Å²) < 4.78 is 16.7. The van der Waals surface area contributed by atoms with Crippen molar-refractivity contribution in [3.8, 4) is 0 Å². The highest BCUT2D eigenvalue weighted by Crippen LogP contribution is 2.14. The SMILES string of the molecule is CC/C=C\C/C=C\C/C=C\C/C=C\CCCCC(=O)OC(COC(=O)CCCCCCCCC)COC(=O)CCCCCCCCCCC/C=C\C/C=C\CCCCCCC. The minimum Gasteiger partial charge on any atom is -0.462 e. The Labute approximate surface area is 376 Å². The Balaban J connectivity index is 4.29. The highest BCUT2D eigenvalue weighted by atomic mass is 16.6. The van der Waals surface area contributed by atoms with Gasteiger partial charge in [-0.25, -0.2) is 0 Å². The standard InChI is InChI=1S/C55H94O6/c1-4-7-10-13-16-18-20-22-24-25-26-27-28-29-31-32-34-36-39-42-45-48-54(57)60-51-52(50-59-53(56)47-44-41-38-15-12-9-6-3)61-55(58)49-46-43-40-37-35-33-30-23-21-19-17-14-11-8-5-2/h8,11,17,19-20,22-23,25-26,30,35,37,52H,4-7,9-10,12-16,18,21,24,27-29,31-34,36,38-51H2,1-3H3/b11-8-,19-17-,22-20-,26-25-,30-23-,37-35-. The van der Waals surface area contributed by atoms with Gasteiger partial charge in [-0.05, 0) is 89.9 Å². The summed E-state index contributed by atoms with van der Waals surface area (Å²) in [6, 6.07) is 0. The van der Waals surface area contributed by atoms with Crippen LogP contribution in [0.1, 0.15) is 239 Å². The fourth-order valence-electron chi connectivity index (χ4n) is 6.87. The molecular formula is C55H94O6. The average molecular weight is 851 g/mol. The molecule has 0 aliphatic rings. The maximum atomic E-state index is 12.7. The van der Waals surface area contributed by atoms with Crippen molar-refractivity contribution in [2.45, 2.75) is 245 Å². The van der Waals surface area contributed by atoms with Crippen molar-refractivity contribution in [3.63, 3.8) is 0 Å². The first-order valence-electron chi connectivity index (χ1n) is 25.4. The second-order valence-corrected chi connectivity index (χ2v) is 16.7. The number of unbranched alkanes of at least 4 members (excludes halogenated alkanes) is 22. The molecule has 0 saturated heterocycles. The minimum atomic E-state index is -0.795. The highest BCUT2D eigenvalue weighted by molar-refractivity contribution is 5.71. The van der Waals surface area contributed by atoms with E-state index in [1.165, 1.54) is 109 Å². The topological polar surface area (TPSA) is 78.9 Å². The molecule has 0 N–H and O–H groups in total. The number of carbonyl (C=O) groups is 3. The second kappa shape index (κ2) is 49.5. The average Bonchev–Trinajstić information content (AvgIpc) is 3.26. The van der Waals surface area contributed by atoms with E-state index in [0.717, 1.165) is 83.5 Å². The molecule has 350 valence electrons. The molecule has 0 aromatic carbocycles. The Hall–Kier alpha value is -3.15. The number of rotatable bonds is 45. The van der Waals surface area contributed by atoms with Crippen molar-refractivity contribution in [2.24, 2.45) is 0 Å². The fraction of sp³-hybridized carbons (Fsp3) is 0.727. The summed E-state index contributed by atoms with van der Waals surface area (Å²) in [4.78, 5) is 37.8. The molecule has 0 aromatic heterocycles. The molecule has 0 saturated carbocycles. The van der Waals surface area contributed by atoms with E-state index < -0.39 is 6.10 Å². The predicted molar refractivity (Wildman–Crippen MR) is 261 cm³/mol. The molecule has 0 spiro atoms. The Morgan fingerprint density at radius 2 is 0.639 bits per heavy atom. The van der Waals surface area contributed by atoms with Crippen molar-refractivity contribution in [1.29, 1.82) is 0 Å². The second-order valence-electron chi connectivity index (χ2n) is 16.7. The molecule has 0 aromatic rings. The van der Waals surface area contributed by atoms with E-state index in [1.807, 2.05) is 0 Å². The van der Waals surface area contributed by atoms with E-state index in [1.54, 1.807) is 0 Å². The van der Waals surface area contributed by atoms with Crippen LogP contribution in [0.2, 0.25) is 0 Å². The number of ether oxygens (including phenoxy) is 3. The summed E-state index contributed by atoms with van der Waals surface area (Å²) in [6.45, 7) is 6.43. The Bertz CT molecular complexity index is 1160. The molecule has 6 nitrogen and oxygen atoms in total. The number of allylic oxidation sites excluding steroid dienone is 12. The molecule has 61 heavy (non-hydrogen) atoms. The van der Waals surface area contributed by atoms with Gasteiger partial charge >= 0.3 is 17.9 Å². The van der Waals surface area contributed by atoms with Crippen LogP contribution in [0.25, 0.3) is 0 Å². The van der Waals surface area contributed by atoms with Crippen molar-refractivity contribution < 1.29 is 28.6 Å². The van der Waals surface area contributed by atoms with E-state index in [-0.39, 0.29) is 37.5 Å². The van der Waals surface area contributed by atoms with Crippen molar-refractivity contribution in [1.82, 2.24) is 0 Å². The summed E-state index contributed by atoms with van der Waals surface area (Å²) in [5.41, 5.74) is 0. The van der Waals surface area contributed by atoms with Gasteiger partial charge in [0, 0.05) is 19.3 Å². The smallest absolute Gasteiger partial charge is 0.306 e. The van der Waals surface area contributed by atoms with Crippen LogP contribution in [-0.4, -0.2) is 37.2 Å². The van der Waals surface area contributed by atoms with Gasteiger partial charge in [-0.1, -0.05) is 203 Å². The molecule has 0 fully saturated rings. The molecule has 0 aliphatic carbocycles. The quantitative estimate of drug-likeness (QED) is 0.0263. The zero-order valence-corrected chi connectivity index (χ0v) is 39.9. The molecule has 0 aliphatic heterocycles. The van der Waals surface area contributed by atoms with Crippen LogP contribution in [0.15, 0.2) is 72.9 Å². The van der Waals surface area contributed by atoms with E-state index in [0.29, 0.717) is 19.3 Å². The van der Waals surface area contributed by atoms with Gasteiger partial charge in [0.2, 0.25) is 0 Å². The molecule has 1 unspecified atom stereocenters. The van der Waals surface area contributed by atoms with E-state index >= 15 is 0 Å². The molecule has 0 radical (unpaired) electrons. The molecule has 0 heterocycles. The summed E-state index contributed by atoms with van der Waals surface area (Å²) in [7, 11) is 0. The third kappa shape index (κ3) is 47.7. The first-order valence-corrected chi connectivity index (χ1v) is 25.4. The highest BCUT2D eigenvalue weighted by Gasteiger charge is 2.19. The van der Waals surface area contributed by atoms with Crippen molar-refractivity contribution >= 4 is 17.9 Å². The third-order valence-corrected chi connectivity index (χ3v) is 10.7. The molecule has 0 bridgehead atoms. The summed E-state index contributed by atoms with van der Waals surface area (Å²) in [5, 5.41) is 0. The first kappa shape index (κ1) is 57.9. The van der Waals surface area contributed by atoms with Gasteiger partial charge in [0.05, 0.1) is 0 Å². The van der Waals surface area contributed by atoms with Gasteiger partial charge in [-0.2, -0.15) is 0 Å². The van der Waals surface area contributed by atoms with E-state index in [9.17, 15) is 14.4 Å². The fourth-order valence-corrected chi connectivity index (χ4v) is 6.87. The van der Waals surface area contributed by atoms with Crippen LogP contribution in [0.3, 0.4) is 0 Å². The zero-order chi connectivity index (χ0) is 44.4. The minimum absolute atomic E-state index is 0.0933. The molecule has 6 heteroatoms. The van der Waals surface area contributed by atoms with Crippen LogP contribution in [0, 0.1) is 0 Å². The van der Waals surface area contributed by atoms with Crippen LogP contribution in [0.4, 0.5) is 0 Å². The van der Waals surface area contributed by atoms with E-state index in [4.69, 9.17) is 14.2 Å². The number of carbonyl (C=O) groups excluding carboxylic acids is 3. The maximum Gasteiger partial charge on any atom is 0.306 e. The monoisotopic (exact) mass is 851 g/mol. The lowest BCUT2D eigenvalue weighted by Gasteiger charge is -2.18. The van der Waals surface area contributed by atoms with Gasteiger partial charge in [-0.3, -0.25) is 14.4 Å². The largest absolute Gasteiger partial charge is 0.462 e. The number of hydrogen-bond donors (Lipinski definition) is 0. The van der Waals surface area contributed by atoms with Crippen LogP contribution in [0.5, 0.6) is 0 Å². The van der Waals surface area contributed by atoms with Crippen LogP contribution >= 0.6 is 0 Å². The molecule has 0 rings (SSSR count). The number of hydrogen-bond acceptors (Lipinski definition) is 6. The molecule has 0 amide bonds. The van der Waals surface area contributed by atoms with Crippen LogP contribution < -0.4 is 0 Å².